The van der Waals surface area contributed by atoms with Crippen LogP contribution in [0.3, 0.4) is 0 Å². The van der Waals surface area contributed by atoms with Crippen LogP contribution in [0.15, 0.2) is 88.4 Å². The van der Waals surface area contributed by atoms with Crippen molar-refractivity contribution in [3.05, 3.63) is 100 Å². The minimum Gasteiger partial charge on any atom is -0.446 e. The third kappa shape index (κ3) is 5.97. The summed E-state index contributed by atoms with van der Waals surface area (Å²) in [5.41, 5.74) is 1.45. The second-order valence-corrected chi connectivity index (χ2v) is 6.74. The lowest BCUT2D eigenvalue weighted by atomic mass is 9.86. The number of hydrogen-bond acceptors (Lipinski definition) is 8. The minimum absolute atomic E-state index is 0.127. The molecular formula is C23H19N3O7. The lowest BCUT2D eigenvalue weighted by Gasteiger charge is -2.16. The number of ketones is 2. The number of rotatable bonds is 6. The highest BCUT2D eigenvalue weighted by Crippen LogP contribution is 2.27. The summed E-state index contributed by atoms with van der Waals surface area (Å²) in [5, 5.41) is 15.2. The number of carbonyl (C=O) groups is 3. The highest BCUT2D eigenvalue weighted by molar-refractivity contribution is 6.18. The molecule has 1 fully saturated rings. The predicted molar refractivity (Wildman–Crippen MR) is 118 cm³/mol. The lowest BCUT2D eigenvalue weighted by molar-refractivity contribution is -0.402. The molecule has 4 rings (SSSR count). The highest BCUT2D eigenvalue weighted by atomic mass is 16.6. The van der Waals surface area contributed by atoms with Crippen LogP contribution in [0.4, 0.5) is 10.7 Å². The molecule has 0 spiro atoms. The van der Waals surface area contributed by atoms with Crippen molar-refractivity contribution in [2.24, 2.45) is 5.10 Å². The summed E-state index contributed by atoms with van der Waals surface area (Å²) < 4.78 is 9.44. The molecule has 0 radical (unpaired) electrons. The van der Waals surface area contributed by atoms with E-state index in [4.69, 9.17) is 4.42 Å². The van der Waals surface area contributed by atoms with E-state index in [1.807, 2.05) is 30.3 Å². The summed E-state index contributed by atoms with van der Waals surface area (Å²) in [4.78, 5) is 43.7. The van der Waals surface area contributed by atoms with Crippen molar-refractivity contribution in [3.63, 3.8) is 0 Å². The van der Waals surface area contributed by atoms with Crippen LogP contribution in [-0.2, 0) is 14.3 Å². The minimum atomic E-state index is -0.651. The Kier molecular flexibility index (Phi) is 7.43. The molecule has 1 atom stereocenters. The molecule has 0 N–H and O–H groups in total. The molecule has 10 nitrogen and oxygen atoms in total. The summed E-state index contributed by atoms with van der Waals surface area (Å²) in [6.45, 7) is 4.39. The number of hydrogen-bond donors (Lipinski definition) is 0. The Balaban J connectivity index is 0.000000186. The van der Waals surface area contributed by atoms with E-state index in [2.05, 4.69) is 16.4 Å². The topological polar surface area (TPSA) is 132 Å². The van der Waals surface area contributed by atoms with Gasteiger partial charge in [-0.05, 0) is 29.9 Å². The van der Waals surface area contributed by atoms with Crippen LogP contribution >= 0.6 is 0 Å². The molecule has 2 aliphatic rings. The molecule has 1 aliphatic heterocycles. The van der Waals surface area contributed by atoms with Gasteiger partial charge in [0.05, 0.1) is 18.8 Å². The zero-order valence-electron chi connectivity index (χ0n) is 17.3. The van der Waals surface area contributed by atoms with Gasteiger partial charge in [0.1, 0.15) is 11.5 Å². The summed E-state index contributed by atoms with van der Waals surface area (Å²) >= 11 is 0. The lowest BCUT2D eigenvalue weighted by Crippen LogP contribution is -2.17. The monoisotopic (exact) mass is 449 g/mol. The number of allylic oxidation sites excluding steroid dienone is 5. The van der Waals surface area contributed by atoms with Gasteiger partial charge < -0.3 is 9.15 Å². The molecule has 33 heavy (non-hydrogen) atoms. The fourth-order valence-corrected chi connectivity index (χ4v) is 3.00. The molecule has 1 amide bonds. The van der Waals surface area contributed by atoms with Crippen LogP contribution in [0.1, 0.15) is 17.2 Å². The molecule has 0 saturated carbocycles. The standard InChI is InChI=1S/C15H12O2.C8H7N3O5/c1-2-13(11-6-4-3-5-7-11)14-10-12(16)8-9-15(14)17;12-8-10(3-4-15-8)9-5-6-1-2-7(16-6)11(13)14/h2-10,13H,1H2;1-2,5H,3-4H2. The first-order chi connectivity index (χ1) is 15.9. The first-order valence-electron chi connectivity index (χ1n) is 9.77. The maximum Gasteiger partial charge on any atom is 0.433 e. The number of carbonyl (C=O) groups excluding carboxylic acids is 3. The van der Waals surface area contributed by atoms with Crippen LogP contribution in [0.5, 0.6) is 0 Å². The molecule has 0 bridgehead atoms. The van der Waals surface area contributed by atoms with E-state index in [-0.39, 0.29) is 35.7 Å². The molecule has 10 heteroatoms. The van der Waals surface area contributed by atoms with E-state index in [0.29, 0.717) is 12.1 Å². The van der Waals surface area contributed by atoms with Gasteiger partial charge in [0.25, 0.3) is 0 Å². The van der Waals surface area contributed by atoms with Gasteiger partial charge >= 0.3 is 12.0 Å². The number of nitro groups is 1. The Morgan fingerprint density at radius 2 is 1.88 bits per heavy atom. The number of benzene rings is 1. The second kappa shape index (κ2) is 10.6. The SMILES string of the molecule is C=CC(C1=CC(=O)C=CC1=O)c1ccccc1.O=C1OCCN1N=Cc1ccc([N+](=O)[O-])o1. The van der Waals surface area contributed by atoms with Crippen molar-refractivity contribution in [1.82, 2.24) is 5.01 Å². The van der Waals surface area contributed by atoms with Crippen molar-refractivity contribution in [2.45, 2.75) is 5.92 Å². The number of hydrazone groups is 1. The van der Waals surface area contributed by atoms with Gasteiger partial charge in [-0.1, -0.05) is 36.4 Å². The Morgan fingerprint density at radius 1 is 1.12 bits per heavy atom. The quantitative estimate of drug-likeness (QED) is 0.216. The van der Waals surface area contributed by atoms with Gasteiger partial charge in [-0.3, -0.25) is 19.7 Å². The summed E-state index contributed by atoms with van der Waals surface area (Å²) in [6, 6.07) is 12.2. The fourth-order valence-electron chi connectivity index (χ4n) is 3.00. The second-order valence-electron chi connectivity index (χ2n) is 6.74. The van der Waals surface area contributed by atoms with E-state index in [1.165, 1.54) is 36.6 Å². The molecule has 1 aliphatic carbocycles. The van der Waals surface area contributed by atoms with Crippen molar-refractivity contribution in [1.29, 1.82) is 0 Å². The molecule has 2 heterocycles. The number of cyclic esters (lactones) is 1. The average molecular weight is 449 g/mol. The van der Waals surface area contributed by atoms with E-state index >= 15 is 0 Å². The maximum atomic E-state index is 11.8. The third-order valence-electron chi connectivity index (χ3n) is 4.57. The number of nitrogens with zero attached hydrogens (tertiary/aromatic N) is 3. The van der Waals surface area contributed by atoms with Gasteiger partial charge in [0.2, 0.25) is 0 Å². The molecule has 168 valence electrons. The van der Waals surface area contributed by atoms with Crippen molar-refractivity contribution >= 4 is 29.8 Å². The van der Waals surface area contributed by atoms with Crippen LogP contribution < -0.4 is 0 Å². The largest absolute Gasteiger partial charge is 0.446 e. The first kappa shape index (κ1) is 23.1. The van der Waals surface area contributed by atoms with E-state index < -0.39 is 11.0 Å². The molecule has 1 unspecified atom stereocenters. The first-order valence-corrected chi connectivity index (χ1v) is 9.77. The Bertz CT molecular complexity index is 1160. The Labute approximate surface area is 188 Å². The predicted octanol–water partition coefficient (Wildman–Crippen LogP) is 3.56. The third-order valence-corrected chi connectivity index (χ3v) is 4.57. The van der Waals surface area contributed by atoms with Crippen LogP contribution in [-0.4, -0.2) is 47.0 Å². The zero-order valence-corrected chi connectivity index (χ0v) is 17.3. The van der Waals surface area contributed by atoms with Gasteiger partial charge in [-0.25, -0.2) is 4.79 Å². The summed E-state index contributed by atoms with van der Waals surface area (Å²) in [6.07, 6.45) is 6.36. The number of amides is 1. The molecule has 1 aromatic heterocycles. The number of furan rings is 1. The molecular weight excluding hydrogens is 430 g/mol. The van der Waals surface area contributed by atoms with Gasteiger partial charge in [-0.2, -0.15) is 10.1 Å². The summed E-state index contributed by atoms with van der Waals surface area (Å²) in [7, 11) is 0. The fraction of sp³-hybridized carbons (Fsp3) is 0.130. The van der Waals surface area contributed by atoms with Gasteiger partial charge in [0.15, 0.2) is 17.3 Å². The van der Waals surface area contributed by atoms with Crippen LogP contribution in [0, 0.1) is 10.1 Å². The maximum absolute atomic E-state index is 11.8. The van der Waals surface area contributed by atoms with Crippen molar-refractivity contribution in [2.75, 3.05) is 13.2 Å². The molecule has 1 saturated heterocycles. The zero-order chi connectivity index (χ0) is 23.8. The van der Waals surface area contributed by atoms with Gasteiger partial charge in [0, 0.05) is 11.5 Å². The van der Waals surface area contributed by atoms with Crippen LogP contribution in [0.2, 0.25) is 0 Å². The summed E-state index contributed by atoms with van der Waals surface area (Å²) in [5.74, 6) is -0.671. The van der Waals surface area contributed by atoms with Crippen molar-refractivity contribution < 1.29 is 28.5 Å². The Morgan fingerprint density at radius 3 is 2.48 bits per heavy atom. The smallest absolute Gasteiger partial charge is 0.433 e. The molecule has 1 aromatic carbocycles. The Hall–Kier alpha value is -4.60. The van der Waals surface area contributed by atoms with E-state index in [0.717, 1.165) is 10.6 Å². The van der Waals surface area contributed by atoms with Crippen molar-refractivity contribution in [3.8, 4) is 0 Å². The van der Waals surface area contributed by atoms with Gasteiger partial charge in [-0.15, -0.1) is 6.58 Å². The number of ether oxygens (including phenoxy) is 1. The highest BCUT2D eigenvalue weighted by Gasteiger charge is 2.22. The molecule has 2 aromatic rings. The average Bonchev–Trinajstić information content (AvgIpc) is 3.45. The van der Waals surface area contributed by atoms with E-state index in [1.54, 1.807) is 6.08 Å². The normalized spacial score (nSPS) is 16.2. The van der Waals surface area contributed by atoms with Crippen LogP contribution in [0.25, 0.3) is 0 Å². The van der Waals surface area contributed by atoms with E-state index in [9.17, 15) is 24.5 Å².